The molecule has 2 aromatic heterocycles. The van der Waals surface area contributed by atoms with E-state index in [-0.39, 0.29) is 0 Å². The maximum absolute atomic E-state index is 6.34. The Kier molecular flexibility index (Phi) is 4.53. The molecule has 132 valence electrons. The van der Waals surface area contributed by atoms with Crippen LogP contribution in [-0.2, 0) is 13.1 Å². The van der Waals surface area contributed by atoms with Crippen molar-refractivity contribution in [2.75, 3.05) is 5.43 Å². The summed E-state index contributed by atoms with van der Waals surface area (Å²) in [6.07, 6.45) is 2.17. The number of rotatable bonds is 5. The molecule has 2 aromatic carbocycles. The maximum atomic E-state index is 6.34. The molecule has 0 atom stereocenters. The third-order valence-corrected chi connectivity index (χ3v) is 5.08. The fraction of sp³-hybridized carbons (Fsp3) is 0.158. The minimum absolute atomic E-state index is 0.558. The average Bonchev–Trinajstić information content (AvgIpc) is 3.16. The second-order valence-corrected chi connectivity index (χ2v) is 6.93. The Labute approximate surface area is 161 Å². The molecule has 0 spiro atoms. The van der Waals surface area contributed by atoms with Crippen molar-refractivity contribution in [2.45, 2.75) is 20.0 Å². The predicted octanol–water partition coefficient (Wildman–Crippen LogP) is 4.65. The van der Waals surface area contributed by atoms with E-state index >= 15 is 0 Å². The molecule has 0 aliphatic carbocycles. The van der Waals surface area contributed by atoms with Crippen molar-refractivity contribution in [1.29, 1.82) is 0 Å². The van der Waals surface area contributed by atoms with Crippen LogP contribution in [0.3, 0.4) is 0 Å². The first-order valence-corrected chi connectivity index (χ1v) is 9.10. The van der Waals surface area contributed by atoms with Gasteiger partial charge in [-0.2, -0.15) is 5.10 Å². The molecule has 2 N–H and O–H groups in total. The number of benzene rings is 2. The first-order valence-electron chi connectivity index (χ1n) is 8.31. The van der Waals surface area contributed by atoms with Crippen LogP contribution in [0.2, 0.25) is 5.02 Å². The molecule has 0 aliphatic rings. The number of H-pyrrole nitrogens is 1. The number of hydrogen-bond donors (Lipinski definition) is 2. The van der Waals surface area contributed by atoms with E-state index in [1.807, 2.05) is 25.1 Å². The number of aryl methyl sites for hydroxylation is 1. The predicted molar refractivity (Wildman–Crippen MR) is 108 cm³/mol. The smallest absolute Gasteiger partial charge is 0.214 e. The SMILES string of the molecule is Cc1n[nH]c(=S)n1NCc1cn(Cc2ccccc2Cl)c2ccccc12. The van der Waals surface area contributed by atoms with Crippen LogP contribution in [0.4, 0.5) is 0 Å². The number of nitrogens with one attached hydrogen (secondary N) is 2. The molecular weight excluding hydrogens is 366 g/mol. The van der Waals surface area contributed by atoms with Gasteiger partial charge in [0.25, 0.3) is 0 Å². The molecule has 4 aromatic rings. The highest BCUT2D eigenvalue weighted by Gasteiger charge is 2.10. The largest absolute Gasteiger partial charge is 0.343 e. The van der Waals surface area contributed by atoms with Crippen molar-refractivity contribution in [1.82, 2.24) is 19.4 Å². The summed E-state index contributed by atoms with van der Waals surface area (Å²) in [5, 5.41) is 8.90. The lowest BCUT2D eigenvalue weighted by molar-refractivity contribution is 0.786. The first kappa shape index (κ1) is 16.9. The van der Waals surface area contributed by atoms with E-state index in [2.05, 4.69) is 56.7 Å². The second kappa shape index (κ2) is 6.97. The molecule has 0 fully saturated rings. The summed E-state index contributed by atoms with van der Waals surface area (Å²) < 4.78 is 4.58. The lowest BCUT2D eigenvalue weighted by atomic mass is 10.2. The third-order valence-electron chi connectivity index (χ3n) is 4.44. The van der Waals surface area contributed by atoms with Crippen LogP contribution in [0.15, 0.2) is 54.7 Å². The topological polar surface area (TPSA) is 50.6 Å². The maximum Gasteiger partial charge on any atom is 0.214 e. The lowest BCUT2D eigenvalue weighted by Gasteiger charge is -2.07. The van der Waals surface area contributed by atoms with E-state index in [0.717, 1.165) is 23.0 Å². The Morgan fingerprint density at radius 2 is 1.88 bits per heavy atom. The Morgan fingerprint density at radius 3 is 2.65 bits per heavy atom. The van der Waals surface area contributed by atoms with E-state index in [4.69, 9.17) is 23.8 Å². The highest BCUT2D eigenvalue weighted by Crippen LogP contribution is 2.24. The number of aromatic nitrogens is 4. The van der Waals surface area contributed by atoms with Crippen molar-refractivity contribution >= 4 is 34.7 Å². The molecule has 0 amide bonds. The summed E-state index contributed by atoms with van der Waals surface area (Å²) in [5.41, 5.74) is 6.80. The Balaban J connectivity index is 1.68. The molecule has 0 bridgehead atoms. The number of aromatic amines is 1. The summed E-state index contributed by atoms with van der Waals surface area (Å²) in [4.78, 5) is 0. The summed E-state index contributed by atoms with van der Waals surface area (Å²) >= 11 is 11.6. The van der Waals surface area contributed by atoms with Gasteiger partial charge in [0.05, 0.1) is 6.54 Å². The van der Waals surface area contributed by atoms with Gasteiger partial charge in [0.15, 0.2) is 0 Å². The van der Waals surface area contributed by atoms with Gasteiger partial charge in [-0.1, -0.05) is 48.0 Å². The van der Waals surface area contributed by atoms with Crippen LogP contribution < -0.4 is 5.43 Å². The van der Waals surface area contributed by atoms with Crippen LogP contribution in [0.5, 0.6) is 0 Å². The molecule has 0 saturated heterocycles. The molecule has 26 heavy (non-hydrogen) atoms. The molecule has 0 saturated carbocycles. The van der Waals surface area contributed by atoms with Gasteiger partial charge in [-0.15, -0.1) is 0 Å². The fourth-order valence-electron chi connectivity index (χ4n) is 3.13. The zero-order chi connectivity index (χ0) is 18.1. The second-order valence-electron chi connectivity index (χ2n) is 6.14. The van der Waals surface area contributed by atoms with Gasteiger partial charge in [0.2, 0.25) is 4.77 Å². The lowest BCUT2D eigenvalue weighted by Crippen LogP contribution is -2.15. The van der Waals surface area contributed by atoms with E-state index in [9.17, 15) is 0 Å². The van der Waals surface area contributed by atoms with E-state index in [0.29, 0.717) is 11.3 Å². The average molecular weight is 384 g/mol. The molecule has 0 unspecified atom stereocenters. The summed E-state index contributed by atoms with van der Waals surface area (Å²) in [7, 11) is 0. The standard InChI is InChI=1S/C19H18ClN5S/c1-13-22-23-19(26)25(13)21-10-15-12-24(18-9-5-3-7-16(15)18)11-14-6-2-4-8-17(14)20/h2-9,12,21H,10-11H2,1H3,(H,23,26). The van der Waals surface area contributed by atoms with Gasteiger partial charge in [-0.3, -0.25) is 5.10 Å². The van der Waals surface area contributed by atoms with Crippen LogP contribution in [0.25, 0.3) is 10.9 Å². The minimum Gasteiger partial charge on any atom is -0.343 e. The highest BCUT2D eigenvalue weighted by atomic mass is 35.5. The normalized spacial score (nSPS) is 11.2. The van der Waals surface area contributed by atoms with Gasteiger partial charge in [0.1, 0.15) is 5.82 Å². The molecule has 0 aliphatic heterocycles. The molecule has 4 rings (SSSR count). The van der Waals surface area contributed by atoms with Crippen LogP contribution >= 0.6 is 23.8 Å². The number of halogens is 1. The van der Waals surface area contributed by atoms with Gasteiger partial charge in [-0.25, -0.2) is 4.68 Å². The van der Waals surface area contributed by atoms with E-state index in [1.54, 1.807) is 4.68 Å². The Bertz CT molecular complexity index is 1120. The van der Waals surface area contributed by atoms with Crippen molar-refractivity contribution in [2.24, 2.45) is 0 Å². The van der Waals surface area contributed by atoms with Crippen LogP contribution in [0, 0.1) is 11.7 Å². The van der Waals surface area contributed by atoms with Crippen molar-refractivity contribution in [3.63, 3.8) is 0 Å². The number of para-hydroxylation sites is 1. The highest BCUT2D eigenvalue weighted by molar-refractivity contribution is 7.71. The summed E-state index contributed by atoms with van der Waals surface area (Å²) in [6, 6.07) is 16.3. The quantitative estimate of drug-likeness (QED) is 0.493. The van der Waals surface area contributed by atoms with Crippen molar-refractivity contribution in [3.8, 4) is 0 Å². The third kappa shape index (κ3) is 3.13. The number of nitrogens with zero attached hydrogens (tertiary/aromatic N) is 3. The van der Waals surface area contributed by atoms with Gasteiger partial charge >= 0.3 is 0 Å². The number of hydrogen-bond acceptors (Lipinski definition) is 3. The van der Waals surface area contributed by atoms with E-state index < -0.39 is 0 Å². The van der Waals surface area contributed by atoms with E-state index in [1.165, 1.54) is 16.5 Å². The zero-order valence-electron chi connectivity index (χ0n) is 14.2. The number of fused-ring (bicyclic) bond motifs is 1. The van der Waals surface area contributed by atoms with Crippen LogP contribution in [0.1, 0.15) is 17.0 Å². The Hall–Kier alpha value is -2.57. The molecule has 7 heteroatoms. The molecular formula is C19H18ClN5S. The first-order chi connectivity index (χ1) is 12.6. The summed E-state index contributed by atoms with van der Waals surface area (Å²) in [5.74, 6) is 0.801. The molecule has 2 heterocycles. The molecule has 0 radical (unpaired) electrons. The van der Waals surface area contributed by atoms with Gasteiger partial charge < -0.3 is 9.99 Å². The van der Waals surface area contributed by atoms with Crippen LogP contribution in [-0.4, -0.2) is 19.4 Å². The van der Waals surface area contributed by atoms with Crippen molar-refractivity contribution < 1.29 is 0 Å². The summed E-state index contributed by atoms with van der Waals surface area (Å²) in [6.45, 7) is 3.27. The van der Waals surface area contributed by atoms with Gasteiger partial charge in [-0.05, 0) is 42.4 Å². The van der Waals surface area contributed by atoms with Gasteiger partial charge in [0, 0.05) is 28.7 Å². The molecule has 5 nitrogen and oxygen atoms in total. The Morgan fingerprint density at radius 1 is 1.12 bits per heavy atom. The minimum atomic E-state index is 0.558. The zero-order valence-corrected chi connectivity index (χ0v) is 15.8. The fourth-order valence-corrected chi connectivity index (χ4v) is 3.57. The van der Waals surface area contributed by atoms with Crippen molar-refractivity contribution in [3.05, 3.63) is 81.5 Å². The monoisotopic (exact) mass is 383 g/mol.